The number of rotatable bonds is 39. The zero-order valence-electron chi connectivity index (χ0n) is 35.1. The Kier molecular flexibility index (Phi) is 38.4. The molecule has 0 amide bonds. The largest absolute Gasteiger partial charge is 0.380 e. The Morgan fingerprint density at radius 2 is 0.923 bits per heavy atom. The summed E-state index contributed by atoms with van der Waals surface area (Å²) in [6.07, 6.45) is 50.4. The molecule has 0 saturated carbocycles. The van der Waals surface area contributed by atoms with Crippen LogP contribution in [0.2, 0.25) is 0 Å². The van der Waals surface area contributed by atoms with E-state index in [-0.39, 0.29) is 6.10 Å². The number of likely N-dealkylation sites (N-methyl/N-ethyl adjacent to an activating group) is 1. The minimum absolute atomic E-state index is 0.145. The van der Waals surface area contributed by atoms with Crippen LogP contribution in [0, 0.1) is 0 Å². The number of ether oxygens (including phenoxy) is 3. The molecule has 304 valence electrons. The lowest BCUT2D eigenvalue weighted by molar-refractivity contribution is -0.0361. The van der Waals surface area contributed by atoms with Crippen LogP contribution in [-0.2, 0) is 14.2 Å². The zero-order chi connectivity index (χ0) is 37.3. The van der Waals surface area contributed by atoms with Gasteiger partial charge < -0.3 is 19.1 Å². The van der Waals surface area contributed by atoms with E-state index in [4.69, 9.17) is 14.2 Å². The molecule has 1 aliphatic rings. The van der Waals surface area contributed by atoms with Crippen molar-refractivity contribution in [2.45, 2.75) is 180 Å². The maximum absolute atomic E-state index is 6.36. The average Bonchev–Trinajstić information content (AvgIpc) is 3.15. The number of unbranched alkanes of at least 4 members (excludes halogenated alkanes) is 18. The maximum Gasteiger partial charge on any atom is 0.0830 e. The van der Waals surface area contributed by atoms with E-state index >= 15 is 0 Å². The van der Waals surface area contributed by atoms with Crippen molar-refractivity contribution in [1.82, 2.24) is 9.80 Å². The van der Waals surface area contributed by atoms with Gasteiger partial charge in [0.25, 0.3) is 0 Å². The Balaban J connectivity index is 2.10. The van der Waals surface area contributed by atoms with Gasteiger partial charge in [-0.1, -0.05) is 140 Å². The van der Waals surface area contributed by atoms with Crippen LogP contribution in [0.4, 0.5) is 0 Å². The Labute approximate surface area is 325 Å². The highest BCUT2D eigenvalue weighted by molar-refractivity contribution is 4.93. The number of hydrogen-bond acceptors (Lipinski definition) is 5. The molecule has 1 atom stereocenters. The quantitative estimate of drug-likeness (QED) is 0.0465. The Bertz CT molecular complexity index is 817. The lowest BCUT2D eigenvalue weighted by Crippen LogP contribution is -2.45. The van der Waals surface area contributed by atoms with Crippen molar-refractivity contribution in [3.8, 4) is 0 Å². The van der Waals surface area contributed by atoms with Crippen LogP contribution in [-0.4, -0.2) is 88.7 Å². The van der Waals surface area contributed by atoms with Crippen molar-refractivity contribution in [1.29, 1.82) is 0 Å². The summed E-state index contributed by atoms with van der Waals surface area (Å²) in [6, 6.07) is 0. The van der Waals surface area contributed by atoms with Gasteiger partial charge in [-0.15, -0.1) is 0 Å². The number of nitrogens with zero attached hydrogens (tertiary/aromatic N) is 2. The van der Waals surface area contributed by atoms with Gasteiger partial charge in [0.05, 0.1) is 19.3 Å². The van der Waals surface area contributed by atoms with Gasteiger partial charge in [0.2, 0.25) is 0 Å². The van der Waals surface area contributed by atoms with Gasteiger partial charge in [-0.3, -0.25) is 4.90 Å². The minimum Gasteiger partial charge on any atom is -0.380 e. The van der Waals surface area contributed by atoms with Gasteiger partial charge in [-0.25, -0.2) is 0 Å². The fourth-order valence-corrected chi connectivity index (χ4v) is 6.54. The Morgan fingerprint density at radius 1 is 0.462 bits per heavy atom. The molecule has 0 aromatic heterocycles. The molecule has 0 aliphatic carbocycles. The second-order valence-corrected chi connectivity index (χ2v) is 15.3. The molecule has 1 unspecified atom stereocenters. The van der Waals surface area contributed by atoms with Gasteiger partial charge in [0.15, 0.2) is 0 Å². The van der Waals surface area contributed by atoms with Gasteiger partial charge in [-0.05, 0) is 90.5 Å². The molecule has 52 heavy (non-hydrogen) atoms. The zero-order valence-corrected chi connectivity index (χ0v) is 35.1. The molecule has 0 aromatic rings. The normalized spacial score (nSPS) is 15.4. The second-order valence-electron chi connectivity index (χ2n) is 15.3. The van der Waals surface area contributed by atoms with E-state index in [2.05, 4.69) is 79.3 Å². The van der Waals surface area contributed by atoms with Crippen LogP contribution in [0.25, 0.3) is 0 Å². The molecule has 1 fully saturated rings. The maximum atomic E-state index is 6.36. The summed E-state index contributed by atoms with van der Waals surface area (Å²) in [5, 5.41) is 0. The van der Waals surface area contributed by atoms with Crippen LogP contribution in [0.3, 0.4) is 0 Å². The number of piperazine rings is 1. The third-order valence-corrected chi connectivity index (χ3v) is 10.2. The van der Waals surface area contributed by atoms with E-state index in [0.29, 0.717) is 6.61 Å². The molecule has 0 N–H and O–H groups in total. The third-order valence-electron chi connectivity index (χ3n) is 10.2. The fourth-order valence-electron chi connectivity index (χ4n) is 6.54. The topological polar surface area (TPSA) is 34.2 Å². The first-order chi connectivity index (χ1) is 25.8. The monoisotopic (exact) mass is 729 g/mol. The Hall–Kier alpha value is -1.24. The predicted octanol–water partition coefficient (Wildman–Crippen LogP) is 12.7. The lowest BCUT2D eigenvalue weighted by Gasteiger charge is -2.32. The molecule has 5 nitrogen and oxygen atoms in total. The van der Waals surface area contributed by atoms with Crippen LogP contribution in [0.5, 0.6) is 0 Å². The van der Waals surface area contributed by atoms with Gasteiger partial charge in [-0.2, -0.15) is 0 Å². The molecular weight excluding hydrogens is 641 g/mol. The molecule has 1 heterocycles. The fraction of sp³-hybridized carbons (Fsp3) is 0.830. The van der Waals surface area contributed by atoms with Crippen LogP contribution in [0.15, 0.2) is 48.6 Å². The summed E-state index contributed by atoms with van der Waals surface area (Å²) in [4.78, 5) is 4.93. The summed E-state index contributed by atoms with van der Waals surface area (Å²) in [5.74, 6) is 0. The van der Waals surface area contributed by atoms with E-state index in [1.165, 1.54) is 128 Å². The number of allylic oxidation sites excluding steroid dienone is 8. The van der Waals surface area contributed by atoms with Gasteiger partial charge >= 0.3 is 0 Å². The SMILES string of the molecule is CCCCC/C=C\C/C=C\CCCCCCCCOCC(CCOCCN1CCN(C)CC1)OCCCCCCCC/C=C\C/C=C\CCCCC. The smallest absolute Gasteiger partial charge is 0.0830 e. The molecule has 0 spiro atoms. The molecule has 0 aromatic carbocycles. The highest BCUT2D eigenvalue weighted by Gasteiger charge is 2.14. The van der Waals surface area contributed by atoms with E-state index < -0.39 is 0 Å². The third kappa shape index (κ3) is 35.8. The molecule has 5 heteroatoms. The van der Waals surface area contributed by atoms with Crippen molar-refractivity contribution < 1.29 is 14.2 Å². The van der Waals surface area contributed by atoms with Crippen LogP contribution >= 0.6 is 0 Å². The first-order valence-corrected chi connectivity index (χ1v) is 22.5. The van der Waals surface area contributed by atoms with Crippen molar-refractivity contribution >= 4 is 0 Å². The van der Waals surface area contributed by atoms with Gasteiger partial charge in [0.1, 0.15) is 0 Å². The highest BCUT2D eigenvalue weighted by Crippen LogP contribution is 2.12. The molecule has 1 saturated heterocycles. The van der Waals surface area contributed by atoms with Crippen molar-refractivity contribution in [3.05, 3.63) is 48.6 Å². The van der Waals surface area contributed by atoms with Crippen LogP contribution < -0.4 is 0 Å². The van der Waals surface area contributed by atoms with E-state index in [0.717, 1.165) is 91.3 Å². The van der Waals surface area contributed by atoms with E-state index in [1.807, 2.05) is 0 Å². The predicted molar refractivity (Wildman–Crippen MR) is 229 cm³/mol. The highest BCUT2D eigenvalue weighted by atomic mass is 16.5. The van der Waals surface area contributed by atoms with Crippen LogP contribution in [0.1, 0.15) is 174 Å². The summed E-state index contributed by atoms with van der Waals surface area (Å²) >= 11 is 0. The summed E-state index contributed by atoms with van der Waals surface area (Å²) in [7, 11) is 2.21. The lowest BCUT2D eigenvalue weighted by atomic mass is 10.1. The van der Waals surface area contributed by atoms with E-state index in [9.17, 15) is 0 Å². The van der Waals surface area contributed by atoms with Crippen molar-refractivity contribution in [2.75, 3.05) is 72.8 Å². The van der Waals surface area contributed by atoms with Gasteiger partial charge in [0, 0.05) is 52.5 Å². The molecule has 0 radical (unpaired) electrons. The summed E-state index contributed by atoms with van der Waals surface area (Å²) < 4.78 is 18.6. The first-order valence-electron chi connectivity index (χ1n) is 22.5. The molecule has 1 rings (SSSR count). The molecule has 1 aliphatic heterocycles. The first kappa shape index (κ1) is 48.8. The van der Waals surface area contributed by atoms with Crippen molar-refractivity contribution in [2.24, 2.45) is 0 Å². The standard InChI is InChI=1S/C47H88N2O3/c1-4-6-8-10-12-14-16-18-20-22-24-26-28-30-32-34-42-51-46-47(36-44-50-45-41-49-39-37-48(3)38-40-49)52-43-35-33-31-29-27-25-23-21-19-17-15-13-11-9-7-5-2/h12-15,18-21,47H,4-11,16-17,22-46H2,1-3H3/b14-12-,15-13-,20-18-,21-19-. The minimum atomic E-state index is 0.145. The molecular formula is C47H88N2O3. The summed E-state index contributed by atoms with van der Waals surface area (Å²) in [6.45, 7) is 14.2. The average molecular weight is 729 g/mol. The Morgan fingerprint density at radius 3 is 1.44 bits per heavy atom. The molecule has 0 bridgehead atoms. The summed E-state index contributed by atoms with van der Waals surface area (Å²) in [5.41, 5.74) is 0. The van der Waals surface area contributed by atoms with Crippen molar-refractivity contribution in [3.63, 3.8) is 0 Å². The second kappa shape index (κ2) is 40.9. The number of hydrogen-bond donors (Lipinski definition) is 0. The van der Waals surface area contributed by atoms with E-state index in [1.54, 1.807) is 0 Å².